The van der Waals surface area contributed by atoms with E-state index < -0.39 is 17.6 Å². The van der Waals surface area contributed by atoms with Gasteiger partial charge >= 0.3 is 0 Å². The van der Waals surface area contributed by atoms with Crippen molar-refractivity contribution in [2.24, 2.45) is 5.73 Å². The van der Waals surface area contributed by atoms with Gasteiger partial charge in [0.15, 0.2) is 5.66 Å². The highest BCUT2D eigenvalue weighted by molar-refractivity contribution is 6.36. The smallest absolute Gasteiger partial charge is 0.167 e. The number of nitrogens with zero attached hydrogens (tertiary/aromatic N) is 1. The Kier molecular flexibility index (Phi) is 7.48. The van der Waals surface area contributed by atoms with Gasteiger partial charge in [-0.25, -0.2) is 4.39 Å². The van der Waals surface area contributed by atoms with E-state index in [9.17, 15) is 4.39 Å². The van der Waals surface area contributed by atoms with Gasteiger partial charge in [-0.3, -0.25) is 10.7 Å². The zero-order valence-corrected chi connectivity index (χ0v) is 20.5. The van der Waals surface area contributed by atoms with Gasteiger partial charge in [-0.15, -0.1) is 0 Å². The van der Waals surface area contributed by atoms with Crippen LogP contribution in [0.15, 0.2) is 60.3 Å². The second kappa shape index (κ2) is 10.4. The second-order valence-electron chi connectivity index (χ2n) is 8.10. The SMILES string of the molecule is CCOc1cncc(C2=CN[C@](N)(C3=CCNCC3)C(OC(C)c3c(Cl)ccc(F)c3Cl)=C2)c1. The molecular weight excluding hydrogens is 478 g/mol. The lowest BCUT2D eigenvalue weighted by molar-refractivity contribution is 0.0981. The number of allylic oxidation sites excluding steroid dienone is 2. The fourth-order valence-electron chi connectivity index (χ4n) is 4.07. The molecule has 2 aliphatic heterocycles. The standard InChI is InChI=1S/C25H27Cl2FN4O2/c1-3-33-19-10-16(12-31-14-19)17-11-22(25(29,32-13-17)18-6-8-30-9-7-18)34-15(2)23-20(26)4-5-21(28)24(23)27/h4-6,10-15,30,32H,3,7-9,29H2,1-2H3/t15?,25-/m1/s1. The van der Waals surface area contributed by atoms with Crippen molar-refractivity contribution in [2.45, 2.75) is 32.0 Å². The molecule has 4 N–H and O–H groups in total. The average Bonchev–Trinajstić information content (AvgIpc) is 2.84. The molecule has 0 fully saturated rings. The molecule has 0 aliphatic carbocycles. The highest BCUT2D eigenvalue weighted by atomic mass is 35.5. The van der Waals surface area contributed by atoms with Gasteiger partial charge in [0, 0.05) is 40.7 Å². The molecule has 180 valence electrons. The number of benzene rings is 1. The summed E-state index contributed by atoms with van der Waals surface area (Å²) in [5.41, 5.74) is 8.80. The van der Waals surface area contributed by atoms with Crippen molar-refractivity contribution in [2.75, 3.05) is 19.7 Å². The number of pyridine rings is 1. The predicted octanol–water partition coefficient (Wildman–Crippen LogP) is 5.11. The predicted molar refractivity (Wildman–Crippen MR) is 133 cm³/mol. The number of ether oxygens (including phenoxy) is 2. The molecule has 0 spiro atoms. The van der Waals surface area contributed by atoms with Crippen LogP contribution in [-0.2, 0) is 4.74 Å². The van der Waals surface area contributed by atoms with Gasteiger partial charge in [0.05, 0.1) is 17.8 Å². The highest BCUT2D eigenvalue weighted by Crippen LogP contribution is 2.39. The Morgan fingerprint density at radius 2 is 2.12 bits per heavy atom. The minimum absolute atomic E-state index is 0.0718. The summed E-state index contributed by atoms with van der Waals surface area (Å²) < 4.78 is 26.2. The summed E-state index contributed by atoms with van der Waals surface area (Å²) in [5, 5.41) is 6.87. The molecule has 2 atom stereocenters. The lowest BCUT2D eigenvalue weighted by Gasteiger charge is -2.39. The summed E-state index contributed by atoms with van der Waals surface area (Å²) in [5.74, 6) is 0.560. The van der Waals surface area contributed by atoms with E-state index in [1.165, 1.54) is 12.1 Å². The maximum absolute atomic E-state index is 14.2. The number of nitrogens with two attached hydrogens (primary N) is 1. The summed E-state index contributed by atoms with van der Waals surface area (Å²) >= 11 is 12.6. The molecule has 0 amide bonds. The molecule has 4 rings (SSSR count). The lowest BCUT2D eigenvalue weighted by atomic mass is 9.89. The highest BCUT2D eigenvalue weighted by Gasteiger charge is 2.39. The zero-order chi connectivity index (χ0) is 24.3. The van der Waals surface area contributed by atoms with E-state index in [4.69, 9.17) is 38.4 Å². The first kappa shape index (κ1) is 24.5. The molecule has 0 bridgehead atoms. The fourth-order valence-corrected chi connectivity index (χ4v) is 4.75. The topological polar surface area (TPSA) is 81.4 Å². The average molecular weight is 505 g/mol. The van der Waals surface area contributed by atoms with Crippen molar-refractivity contribution >= 4 is 28.8 Å². The van der Waals surface area contributed by atoms with Gasteiger partial charge in [-0.2, -0.15) is 0 Å². The molecule has 9 heteroatoms. The van der Waals surface area contributed by atoms with Crippen LogP contribution in [0, 0.1) is 5.82 Å². The first-order valence-corrected chi connectivity index (χ1v) is 11.9. The molecule has 0 saturated heterocycles. The third-order valence-electron chi connectivity index (χ3n) is 5.85. The molecule has 2 aromatic rings. The van der Waals surface area contributed by atoms with Crippen LogP contribution in [0.3, 0.4) is 0 Å². The molecule has 0 saturated carbocycles. The van der Waals surface area contributed by atoms with Crippen molar-refractivity contribution in [3.05, 3.63) is 87.3 Å². The number of dihydropyridines is 1. The summed E-state index contributed by atoms with van der Waals surface area (Å²) in [6.45, 7) is 5.72. The summed E-state index contributed by atoms with van der Waals surface area (Å²) in [6.07, 6.45) is 9.23. The van der Waals surface area contributed by atoms with Gasteiger partial charge in [0.2, 0.25) is 0 Å². The Morgan fingerprint density at radius 3 is 2.85 bits per heavy atom. The molecule has 1 unspecified atom stereocenters. The van der Waals surface area contributed by atoms with E-state index in [0.717, 1.165) is 29.7 Å². The van der Waals surface area contributed by atoms with Crippen molar-refractivity contribution in [3.63, 3.8) is 0 Å². The number of hydrogen-bond donors (Lipinski definition) is 3. The first-order chi connectivity index (χ1) is 16.3. The maximum atomic E-state index is 14.2. The van der Waals surface area contributed by atoms with Gasteiger partial charge in [-0.1, -0.05) is 29.3 Å². The monoisotopic (exact) mass is 504 g/mol. The van der Waals surface area contributed by atoms with Crippen LogP contribution < -0.4 is 21.1 Å². The molecule has 2 aliphatic rings. The number of rotatable bonds is 7. The van der Waals surface area contributed by atoms with Crippen LogP contribution in [0.25, 0.3) is 5.57 Å². The van der Waals surface area contributed by atoms with Gasteiger partial charge in [0.1, 0.15) is 23.4 Å². The van der Waals surface area contributed by atoms with E-state index in [1.54, 1.807) is 19.3 Å². The Labute approximate surface area is 208 Å². The normalized spacial score (nSPS) is 21.1. The third kappa shape index (κ3) is 4.93. The van der Waals surface area contributed by atoms with Crippen LogP contribution >= 0.6 is 23.2 Å². The molecule has 6 nitrogen and oxygen atoms in total. The summed E-state index contributed by atoms with van der Waals surface area (Å²) in [4.78, 5) is 4.28. The Morgan fingerprint density at radius 1 is 1.29 bits per heavy atom. The summed E-state index contributed by atoms with van der Waals surface area (Å²) in [6, 6.07) is 4.59. The number of nitrogens with one attached hydrogen (secondary N) is 2. The minimum Gasteiger partial charge on any atom is -0.492 e. The Hall–Kier alpha value is -2.58. The third-order valence-corrected chi connectivity index (χ3v) is 6.56. The second-order valence-corrected chi connectivity index (χ2v) is 8.89. The van der Waals surface area contributed by atoms with E-state index >= 15 is 0 Å². The zero-order valence-electron chi connectivity index (χ0n) is 19.0. The van der Waals surface area contributed by atoms with Crippen LogP contribution in [0.1, 0.15) is 37.5 Å². The van der Waals surface area contributed by atoms with Crippen molar-refractivity contribution in [3.8, 4) is 5.75 Å². The molecule has 34 heavy (non-hydrogen) atoms. The molecule has 1 aromatic carbocycles. The van der Waals surface area contributed by atoms with Crippen LogP contribution in [-0.4, -0.2) is 30.3 Å². The van der Waals surface area contributed by atoms with Crippen molar-refractivity contribution in [1.29, 1.82) is 0 Å². The first-order valence-electron chi connectivity index (χ1n) is 11.1. The number of aromatic nitrogens is 1. The quantitative estimate of drug-likeness (QED) is 0.359. The van der Waals surface area contributed by atoms with Gasteiger partial charge in [0.25, 0.3) is 0 Å². The summed E-state index contributed by atoms with van der Waals surface area (Å²) in [7, 11) is 0. The number of hydrogen-bond acceptors (Lipinski definition) is 6. The Balaban J connectivity index is 1.73. The largest absolute Gasteiger partial charge is 0.492 e. The van der Waals surface area contributed by atoms with E-state index in [2.05, 4.69) is 21.7 Å². The molecule has 3 heterocycles. The molecular formula is C25H27Cl2FN4O2. The molecule has 1 aromatic heterocycles. The van der Waals surface area contributed by atoms with Gasteiger partial charge in [-0.05, 0) is 56.7 Å². The fraction of sp³-hybridized carbons (Fsp3) is 0.320. The minimum atomic E-state index is -1.09. The van der Waals surface area contributed by atoms with E-state index in [-0.39, 0.29) is 5.02 Å². The maximum Gasteiger partial charge on any atom is 0.167 e. The van der Waals surface area contributed by atoms with Crippen molar-refractivity contribution < 1.29 is 13.9 Å². The van der Waals surface area contributed by atoms with E-state index in [1.807, 2.05) is 25.3 Å². The van der Waals surface area contributed by atoms with Gasteiger partial charge < -0.3 is 20.1 Å². The Bertz CT molecular complexity index is 1170. The lowest BCUT2D eigenvalue weighted by Crippen LogP contribution is -2.57. The molecule has 0 radical (unpaired) electrons. The van der Waals surface area contributed by atoms with Crippen LogP contribution in [0.2, 0.25) is 10.0 Å². The van der Waals surface area contributed by atoms with Crippen LogP contribution in [0.5, 0.6) is 5.75 Å². The van der Waals surface area contributed by atoms with Crippen LogP contribution in [0.4, 0.5) is 4.39 Å². The number of halogens is 3. The van der Waals surface area contributed by atoms with E-state index in [0.29, 0.717) is 35.2 Å². The van der Waals surface area contributed by atoms with Crippen molar-refractivity contribution in [1.82, 2.24) is 15.6 Å².